The van der Waals surface area contributed by atoms with Gasteiger partial charge in [-0.2, -0.15) is 0 Å². The van der Waals surface area contributed by atoms with E-state index in [9.17, 15) is 4.79 Å². The van der Waals surface area contributed by atoms with Gasteiger partial charge in [-0.05, 0) is 45.3 Å². The van der Waals surface area contributed by atoms with Crippen molar-refractivity contribution in [1.82, 2.24) is 14.7 Å². The number of piperidine rings is 1. The van der Waals surface area contributed by atoms with E-state index in [0.29, 0.717) is 12.6 Å². The van der Waals surface area contributed by atoms with E-state index >= 15 is 0 Å². The zero-order valence-electron chi connectivity index (χ0n) is 13.7. The number of rotatable bonds is 4. The second-order valence-electron chi connectivity index (χ2n) is 6.56. The van der Waals surface area contributed by atoms with Gasteiger partial charge < -0.3 is 9.64 Å². The van der Waals surface area contributed by atoms with Crippen molar-refractivity contribution in [3.63, 3.8) is 0 Å². The summed E-state index contributed by atoms with van der Waals surface area (Å²) >= 11 is 0. The van der Waals surface area contributed by atoms with Crippen LogP contribution < -0.4 is 0 Å². The number of nitrogens with zero attached hydrogens (tertiary/aromatic N) is 3. The summed E-state index contributed by atoms with van der Waals surface area (Å²) in [5.74, 6) is 0. The molecule has 5 nitrogen and oxygen atoms in total. The molecule has 2 aliphatic rings. The lowest BCUT2D eigenvalue weighted by molar-refractivity contribution is 0.0711. The third-order valence-electron chi connectivity index (χ3n) is 4.64. The Morgan fingerprint density at radius 2 is 1.81 bits per heavy atom. The average molecular weight is 297 g/mol. The summed E-state index contributed by atoms with van der Waals surface area (Å²) in [4.78, 5) is 18.1. The number of carbonyl (C=O) groups is 1. The third kappa shape index (κ3) is 5.47. The SMILES string of the molecule is CN(C)C(=O)OCCN1CCC[C@H](N2CCCCCC2)C1. The fourth-order valence-electron chi connectivity index (χ4n) is 3.38. The van der Waals surface area contributed by atoms with Crippen LogP contribution >= 0.6 is 0 Å². The Morgan fingerprint density at radius 3 is 2.48 bits per heavy atom. The van der Waals surface area contributed by atoms with Crippen LogP contribution in [0.5, 0.6) is 0 Å². The van der Waals surface area contributed by atoms with E-state index in [-0.39, 0.29) is 6.09 Å². The second kappa shape index (κ2) is 8.59. The number of carbonyl (C=O) groups excluding carboxylic acids is 1. The maximum absolute atomic E-state index is 11.4. The molecule has 0 radical (unpaired) electrons. The molecule has 0 aromatic heterocycles. The van der Waals surface area contributed by atoms with E-state index in [1.807, 2.05) is 0 Å². The van der Waals surface area contributed by atoms with Gasteiger partial charge in [0.2, 0.25) is 0 Å². The summed E-state index contributed by atoms with van der Waals surface area (Å²) in [6, 6.07) is 0.710. The third-order valence-corrected chi connectivity index (χ3v) is 4.64. The number of ether oxygens (including phenoxy) is 1. The highest BCUT2D eigenvalue weighted by atomic mass is 16.6. The van der Waals surface area contributed by atoms with Gasteiger partial charge in [-0.15, -0.1) is 0 Å². The molecule has 0 N–H and O–H groups in total. The van der Waals surface area contributed by atoms with Crippen LogP contribution in [0.2, 0.25) is 0 Å². The molecule has 1 atom stereocenters. The summed E-state index contributed by atoms with van der Waals surface area (Å²) in [6.07, 6.45) is 7.86. The standard InChI is InChI=1S/C16H31N3O2/c1-17(2)16(20)21-13-12-18-9-7-8-15(14-18)19-10-5-3-4-6-11-19/h15H,3-14H2,1-2H3/t15-/m0/s1. The van der Waals surface area contributed by atoms with E-state index in [1.165, 1.54) is 56.5 Å². The molecule has 0 unspecified atom stereocenters. The summed E-state index contributed by atoms with van der Waals surface area (Å²) in [5, 5.41) is 0. The fraction of sp³-hybridized carbons (Fsp3) is 0.938. The second-order valence-corrected chi connectivity index (χ2v) is 6.56. The van der Waals surface area contributed by atoms with Gasteiger partial charge in [-0.1, -0.05) is 12.8 Å². The highest BCUT2D eigenvalue weighted by molar-refractivity contribution is 5.66. The average Bonchev–Trinajstić information content (AvgIpc) is 2.76. The van der Waals surface area contributed by atoms with Gasteiger partial charge in [-0.25, -0.2) is 4.79 Å². The predicted octanol–water partition coefficient (Wildman–Crippen LogP) is 2.02. The van der Waals surface area contributed by atoms with Crippen LogP contribution in [0.4, 0.5) is 4.79 Å². The quantitative estimate of drug-likeness (QED) is 0.795. The van der Waals surface area contributed by atoms with Crippen LogP contribution in [-0.2, 0) is 4.74 Å². The minimum absolute atomic E-state index is 0.240. The van der Waals surface area contributed by atoms with E-state index in [2.05, 4.69) is 9.80 Å². The fourth-order valence-corrected chi connectivity index (χ4v) is 3.38. The normalized spacial score (nSPS) is 25.3. The maximum Gasteiger partial charge on any atom is 0.409 e. The number of hydrogen-bond donors (Lipinski definition) is 0. The van der Waals surface area contributed by atoms with Crippen LogP contribution in [0, 0.1) is 0 Å². The molecule has 0 aromatic rings. The van der Waals surface area contributed by atoms with Crippen molar-refractivity contribution in [2.24, 2.45) is 0 Å². The van der Waals surface area contributed by atoms with Crippen molar-refractivity contribution in [2.45, 2.75) is 44.6 Å². The van der Waals surface area contributed by atoms with Crippen molar-refractivity contribution in [1.29, 1.82) is 0 Å². The summed E-state index contributed by atoms with van der Waals surface area (Å²) in [7, 11) is 3.44. The lowest BCUT2D eigenvalue weighted by Gasteiger charge is -2.39. The first-order chi connectivity index (χ1) is 10.2. The van der Waals surface area contributed by atoms with Gasteiger partial charge in [0.25, 0.3) is 0 Å². The van der Waals surface area contributed by atoms with Gasteiger partial charge in [0.1, 0.15) is 6.61 Å². The first-order valence-electron chi connectivity index (χ1n) is 8.47. The summed E-state index contributed by atoms with van der Waals surface area (Å²) in [6.45, 7) is 6.19. The van der Waals surface area contributed by atoms with Crippen LogP contribution in [-0.4, -0.2) is 80.3 Å². The smallest absolute Gasteiger partial charge is 0.409 e. The number of amides is 1. The molecule has 5 heteroatoms. The molecule has 2 heterocycles. The lowest BCUT2D eigenvalue weighted by atomic mass is 10.0. The number of likely N-dealkylation sites (tertiary alicyclic amines) is 2. The Labute approximate surface area is 129 Å². The molecule has 2 saturated heterocycles. The molecule has 0 spiro atoms. The highest BCUT2D eigenvalue weighted by Crippen LogP contribution is 2.19. The molecule has 21 heavy (non-hydrogen) atoms. The van der Waals surface area contributed by atoms with Gasteiger partial charge in [-0.3, -0.25) is 9.80 Å². The van der Waals surface area contributed by atoms with Gasteiger partial charge in [0, 0.05) is 33.2 Å². The van der Waals surface area contributed by atoms with Crippen molar-refractivity contribution in [2.75, 3.05) is 53.4 Å². The predicted molar refractivity (Wildman–Crippen MR) is 84.5 cm³/mol. The molecule has 122 valence electrons. The zero-order chi connectivity index (χ0) is 15.1. The van der Waals surface area contributed by atoms with E-state index in [1.54, 1.807) is 14.1 Å². The van der Waals surface area contributed by atoms with Gasteiger partial charge >= 0.3 is 6.09 Å². The van der Waals surface area contributed by atoms with Gasteiger partial charge in [0.15, 0.2) is 0 Å². The Hall–Kier alpha value is -0.810. The Kier molecular flexibility index (Phi) is 6.77. The van der Waals surface area contributed by atoms with Gasteiger partial charge in [0.05, 0.1) is 0 Å². The molecule has 2 rings (SSSR count). The molecular weight excluding hydrogens is 266 g/mol. The molecular formula is C16H31N3O2. The van der Waals surface area contributed by atoms with E-state index in [0.717, 1.165) is 19.6 Å². The van der Waals surface area contributed by atoms with Crippen molar-refractivity contribution in [3.8, 4) is 0 Å². The van der Waals surface area contributed by atoms with E-state index in [4.69, 9.17) is 4.74 Å². The molecule has 0 saturated carbocycles. The Bertz CT molecular complexity index is 315. The minimum atomic E-state index is -0.240. The topological polar surface area (TPSA) is 36.0 Å². The lowest BCUT2D eigenvalue weighted by Crippen LogP contribution is -2.49. The first-order valence-corrected chi connectivity index (χ1v) is 8.47. The van der Waals surface area contributed by atoms with Crippen molar-refractivity contribution >= 4 is 6.09 Å². The van der Waals surface area contributed by atoms with Crippen LogP contribution in [0.25, 0.3) is 0 Å². The molecule has 1 amide bonds. The molecule has 0 aromatic carbocycles. The minimum Gasteiger partial charge on any atom is -0.448 e. The molecule has 2 aliphatic heterocycles. The Balaban J connectivity index is 1.71. The van der Waals surface area contributed by atoms with Crippen molar-refractivity contribution in [3.05, 3.63) is 0 Å². The van der Waals surface area contributed by atoms with Crippen LogP contribution in [0.15, 0.2) is 0 Å². The maximum atomic E-state index is 11.4. The monoisotopic (exact) mass is 297 g/mol. The van der Waals surface area contributed by atoms with Crippen LogP contribution in [0.1, 0.15) is 38.5 Å². The molecule has 0 aliphatic carbocycles. The Morgan fingerprint density at radius 1 is 1.10 bits per heavy atom. The van der Waals surface area contributed by atoms with Crippen LogP contribution in [0.3, 0.4) is 0 Å². The first kappa shape index (κ1) is 16.6. The molecule has 2 fully saturated rings. The molecule has 0 bridgehead atoms. The number of hydrogen-bond acceptors (Lipinski definition) is 4. The zero-order valence-corrected chi connectivity index (χ0v) is 13.7. The largest absolute Gasteiger partial charge is 0.448 e. The van der Waals surface area contributed by atoms with Crippen molar-refractivity contribution < 1.29 is 9.53 Å². The highest BCUT2D eigenvalue weighted by Gasteiger charge is 2.25. The summed E-state index contributed by atoms with van der Waals surface area (Å²) in [5.41, 5.74) is 0. The summed E-state index contributed by atoms with van der Waals surface area (Å²) < 4.78 is 5.24. The van der Waals surface area contributed by atoms with E-state index < -0.39 is 0 Å².